The molecule has 98 valence electrons. The lowest BCUT2D eigenvalue weighted by atomic mass is 10.4. The van der Waals surface area contributed by atoms with Crippen molar-refractivity contribution in [3.05, 3.63) is 26.6 Å². The van der Waals surface area contributed by atoms with Crippen LogP contribution in [0.2, 0.25) is 0 Å². The van der Waals surface area contributed by atoms with E-state index in [4.69, 9.17) is 12.2 Å². The van der Waals surface area contributed by atoms with E-state index in [1.165, 1.54) is 22.2 Å². The van der Waals surface area contributed by atoms with Crippen molar-refractivity contribution in [3.63, 3.8) is 0 Å². The van der Waals surface area contributed by atoms with E-state index in [0.717, 1.165) is 5.52 Å². The van der Waals surface area contributed by atoms with Gasteiger partial charge in [0.1, 0.15) is 14.5 Å². The Bertz CT molecular complexity index is 783. The van der Waals surface area contributed by atoms with Gasteiger partial charge < -0.3 is 4.98 Å². The maximum Gasteiger partial charge on any atom is 0.272 e. The molecule has 0 aliphatic carbocycles. The van der Waals surface area contributed by atoms with Gasteiger partial charge in [-0.15, -0.1) is 11.3 Å². The fourth-order valence-electron chi connectivity index (χ4n) is 1.66. The highest BCUT2D eigenvalue weighted by Gasteiger charge is 2.08. The number of hydrogen-bond acceptors (Lipinski definition) is 5. The van der Waals surface area contributed by atoms with Gasteiger partial charge in [-0.25, -0.2) is 8.42 Å². The average Bonchev–Trinajstić information content (AvgIpc) is 2.69. The quantitative estimate of drug-likeness (QED) is 0.870. The summed E-state index contributed by atoms with van der Waals surface area (Å²) in [7, 11) is -3.01. The van der Waals surface area contributed by atoms with Crippen molar-refractivity contribution in [2.75, 3.05) is 12.0 Å². The van der Waals surface area contributed by atoms with Crippen LogP contribution in [-0.4, -0.2) is 30.0 Å². The molecule has 0 radical (unpaired) electrons. The van der Waals surface area contributed by atoms with Gasteiger partial charge in [0.2, 0.25) is 0 Å². The Labute approximate surface area is 113 Å². The molecule has 2 aromatic rings. The van der Waals surface area contributed by atoms with Crippen molar-refractivity contribution in [3.8, 4) is 0 Å². The van der Waals surface area contributed by atoms with Crippen LogP contribution in [-0.2, 0) is 16.4 Å². The molecule has 2 aromatic heterocycles. The molecule has 0 spiro atoms. The summed E-state index contributed by atoms with van der Waals surface area (Å²) in [5.74, 6) is 0.0523. The summed E-state index contributed by atoms with van der Waals surface area (Å²) in [5, 5.41) is 1.82. The number of hydrogen-bond donors (Lipinski definition) is 1. The van der Waals surface area contributed by atoms with E-state index in [1.54, 1.807) is 6.07 Å². The zero-order valence-electron chi connectivity index (χ0n) is 9.67. The first kappa shape index (κ1) is 13.4. The standard InChI is InChI=1S/C10H12N2O3S3/c1-18(14,15)6-2-4-12-9(13)8-7(3-5-17-8)11-10(12)16/h3,5H,2,4,6H2,1H3,(H,11,16). The van der Waals surface area contributed by atoms with Crippen LogP contribution in [0.15, 0.2) is 16.2 Å². The summed E-state index contributed by atoms with van der Waals surface area (Å²) in [6, 6.07) is 1.80. The fourth-order valence-corrected chi connectivity index (χ4v) is 3.39. The monoisotopic (exact) mass is 304 g/mol. The first-order chi connectivity index (χ1) is 8.38. The van der Waals surface area contributed by atoms with Crippen LogP contribution in [0.5, 0.6) is 0 Å². The predicted octanol–water partition coefficient (Wildman–Crippen LogP) is 1.56. The number of nitrogens with one attached hydrogen (secondary N) is 1. The van der Waals surface area contributed by atoms with Crippen molar-refractivity contribution in [1.82, 2.24) is 9.55 Å². The molecule has 0 aliphatic rings. The Hall–Kier alpha value is -0.990. The first-order valence-corrected chi connectivity index (χ1v) is 8.61. The SMILES string of the molecule is CS(=O)(=O)CCCn1c(=S)[nH]c2ccsc2c1=O. The molecule has 2 rings (SSSR count). The van der Waals surface area contributed by atoms with E-state index in [0.29, 0.717) is 22.4 Å². The molecule has 5 nitrogen and oxygen atoms in total. The van der Waals surface area contributed by atoms with Gasteiger partial charge in [0.15, 0.2) is 4.77 Å². The molecule has 0 unspecified atom stereocenters. The first-order valence-electron chi connectivity index (χ1n) is 5.26. The Morgan fingerprint density at radius 1 is 1.50 bits per heavy atom. The highest BCUT2D eigenvalue weighted by molar-refractivity contribution is 7.90. The van der Waals surface area contributed by atoms with Gasteiger partial charge in [-0.2, -0.15) is 0 Å². The van der Waals surface area contributed by atoms with Crippen LogP contribution in [0.1, 0.15) is 6.42 Å². The van der Waals surface area contributed by atoms with Gasteiger partial charge >= 0.3 is 0 Å². The number of aromatic amines is 1. The minimum Gasteiger partial charge on any atom is -0.331 e. The number of thiophene rings is 1. The number of nitrogens with zero attached hydrogens (tertiary/aromatic N) is 1. The van der Waals surface area contributed by atoms with Crippen LogP contribution in [0.3, 0.4) is 0 Å². The van der Waals surface area contributed by atoms with Gasteiger partial charge in [-0.1, -0.05) is 0 Å². The number of fused-ring (bicyclic) bond motifs is 1. The number of H-pyrrole nitrogens is 1. The van der Waals surface area contributed by atoms with Crippen LogP contribution in [0.4, 0.5) is 0 Å². The highest BCUT2D eigenvalue weighted by Crippen LogP contribution is 2.13. The zero-order chi connectivity index (χ0) is 13.3. The lowest BCUT2D eigenvalue weighted by Gasteiger charge is -2.05. The molecule has 8 heteroatoms. The molecular formula is C10H12N2O3S3. The fraction of sp³-hybridized carbons (Fsp3) is 0.400. The van der Waals surface area contributed by atoms with E-state index < -0.39 is 9.84 Å². The minimum atomic E-state index is -3.01. The maximum atomic E-state index is 12.1. The zero-order valence-corrected chi connectivity index (χ0v) is 12.1. The maximum absolute atomic E-state index is 12.1. The van der Waals surface area contributed by atoms with Gasteiger partial charge in [0, 0.05) is 12.8 Å². The Morgan fingerprint density at radius 2 is 2.22 bits per heavy atom. The molecule has 0 saturated heterocycles. The van der Waals surface area contributed by atoms with Crippen molar-refractivity contribution >= 4 is 43.6 Å². The summed E-state index contributed by atoms with van der Waals surface area (Å²) in [6.45, 7) is 0.315. The molecule has 0 atom stereocenters. The van der Waals surface area contributed by atoms with E-state index >= 15 is 0 Å². The average molecular weight is 304 g/mol. The second kappa shape index (κ2) is 4.94. The third-order valence-corrected chi connectivity index (χ3v) is 4.74. The molecular weight excluding hydrogens is 292 g/mol. The smallest absolute Gasteiger partial charge is 0.272 e. The summed E-state index contributed by atoms with van der Waals surface area (Å²) < 4.78 is 24.4. The van der Waals surface area contributed by atoms with E-state index in [2.05, 4.69) is 4.98 Å². The molecule has 18 heavy (non-hydrogen) atoms. The predicted molar refractivity (Wildman–Crippen MR) is 75.6 cm³/mol. The van der Waals surface area contributed by atoms with Gasteiger partial charge in [0.05, 0.1) is 11.3 Å². The van der Waals surface area contributed by atoms with Gasteiger partial charge in [-0.3, -0.25) is 9.36 Å². The summed E-state index contributed by atoms with van der Waals surface area (Å²) in [4.78, 5) is 15.1. The normalized spacial score (nSPS) is 12.1. The Balaban J connectivity index is 2.33. The van der Waals surface area contributed by atoms with E-state index in [1.807, 2.05) is 5.38 Å². The topological polar surface area (TPSA) is 71.9 Å². The molecule has 0 aliphatic heterocycles. The third-order valence-electron chi connectivity index (χ3n) is 2.49. The Kier molecular flexibility index (Phi) is 3.69. The van der Waals surface area contributed by atoms with Gasteiger partial charge in [-0.05, 0) is 30.1 Å². The van der Waals surface area contributed by atoms with E-state index in [9.17, 15) is 13.2 Å². The number of sulfone groups is 1. The molecule has 1 N–H and O–H groups in total. The number of rotatable bonds is 4. The summed E-state index contributed by atoms with van der Waals surface area (Å²) in [5.41, 5.74) is 0.576. The molecule has 2 heterocycles. The largest absolute Gasteiger partial charge is 0.331 e. The van der Waals surface area contributed by atoms with Crippen LogP contribution in [0, 0.1) is 4.77 Å². The lowest BCUT2D eigenvalue weighted by molar-refractivity contribution is 0.587. The summed E-state index contributed by atoms with van der Waals surface area (Å²) in [6.07, 6.45) is 1.56. The molecule has 0 bridgehead atoms. The highest BCUT2D eigenvalue weighted by atomic mass is 32.2. The van der Waals surface area contributed by atoms with Crippen LogP contribution in [0.25, 0.3) is 10.2 Å². The van der Waals surface area contributed by atoms with Gasteiger partial charge in [0.25, 0.3) is 5.56 Å². The molecule has 0 aromatic carbocycles. The van der Waals surface area contributed by atoms with E-state index in [-0.39, 0.29) is 11.3 Å². The molecule has 0 fully saturated rings. The van der Waals surface area contributed by atoms with Crippen LogP contribution >= 0.6 is 23.6 Å². The second-order valence-electron chi connectivity index (χ2n) is 4.03. The van der Waals surface area contributed by atoms with Crippen molar-refractivity contribution in [2.45, 2.75) is 13.0 Å². The molecule has 0 amide bonds. The Morgan fingerprint density at radius 3 is 2.89 bits per heavy atom. The van der Waals surface area contributed by atoms with Crippen molar-refractivity contribution < 1.29 is 8.42 Å². The summed E-state index contributed by atoms with van der Waals surface area (Å²) >= 11 is 6.45. The van der Waals surface area contributed by atoms with Crippen molar-refractivity contribution in [1.29, 1.82) is 0 Å². The van der Waals surface area contributed by atoms with Crippen LogP contribution < -0.4 is 5.56 Å². The lowest BCUT2D eigenvalue weighted by Crippen LogP contribution is -2.22. The molecule has 0 saturated carbocycles. The minimum absolute atomic E-state index is 0.0523. The number of aromatic nitrogens is 2. The third kappa shape index (κ3) is 2.88. The van der Waals surface area contributed by atoms with Crippen molar-refractivity contribution in [2.24, 2.45) is 0 Å². The second-order valence-corrected chi connectivity index (χ2v) is 7.60.